The molecule has 2 unspecified atom stereocenters. The molecule has 3 aromatic rings. The van der Waals surface area contributed by atoms with Gasteiger partial charge in [-0.1, -0.05) is 13.8 Å². The maximum atomic E-state index is 13.1. The molecule has 0 aliphatic heterocycles. The number of rotatable bonds is 18. The van der Waals surface area contributed by atoms with Crippen molar-refractivity contribution in [1.82, 2.24) is 0 Å². The first-order chi connectivity index (χ1) is 20.0. The molecular formula is C35H46CoO5. The Morgan fingerprint density at radius 1 is 0.756 bits per heavy atom. The summed E-state index contributed by atoms with van der Waals surface area (Å²) in [7, 11) is 0. The molecule has 5 nitrogen and oxygen atoms in total. The van der Waals surface area contributed by atoms with Crippen molar-refractivity contribution in [1.29, 1.82) is 0 Å². The van der Waals surface area contributed by atoms with E-state index in [1.165, 1.54) is 24.8 Å². The van der Waals surface area contributed by atoms with E-state index in [9.17, 15) is 8.66 Å². The average molecular weight is 606 g/mol. The molecule has 0 radical (unpaired) electrons. The first-order valence-corrected chi connectivity index (χ1v) is 16.5. The van der Waals surface area contributed by atoms with Crippen molar-refractivity contribution in [2.75, 3.05) is 13.2 Å². The fraction of sp³-hybridized carbons (Fsp3) is 0.457. The Morgan fingerprint density at radius 3 is 1.98 bits per heavy atom. The zero-order chi connectivity index (χ0) is 29.5. The van der Waals surface area contributed by atoms with Crippen LogP contribution in [0.3, 0.4) is 0 Å². The van der Waals surface area contributed by atoms with Crippen molar-refractivity contribution < 1.29 is 36.5 Å². The molecule has 0 saturated carbocycles. The second-order valence-corrected chi connectivity index (χ2v) is 12.2. The third-order valence-corrected chi connectivity index (χ3v) is 8.93. The Labute approximate surface area is 250 Å². The average Bonchev–Trinajstić information content (AvgIpc) is 3.02. The Bertz CT molecular complexity index is 1190. The zero-order valence-electron chi connectivity index (χ0n) is 25.0. The van der Waals surface area contributed by atoms with Gasteiger partial charge in [-0.15, -0.1) is 0 Å². The van der Waals surface area contributed by atoms with Gasteiger partial charge in [0.2, 0.25) is 0 Å². The van der Waals surface area contributed by atoms with Gasteiger partial charge in [-0.25, -0.2) is 0 Å². The number of hydrogen-bond acceptors (Lipinski definition) is 5. The van der Waals surface area contributed by atoms with E-state index in [0.29, 0.717) is 28.3 Å². The Kier molecular flexibility index (Phi) is 14.3. The van der Waals surface area contributed by atoms with Crippen LogP contribution in [0.2, 0.25) is 0 Å². The number of aryl methyl sites for hydroxylation is 1. The topological polar surface area (TPSA) is 61.8 Å². The van der Waals surface area contributed by atoms with Crippen LogP contribution in [0, 0.1) is 5.92 Å². The standard InChI is InChI=1S/C21H25O3.C14H21O.Co.O/c1-3-16-23-19(4-2)13-10-17-11-14-20(15-12-17)24-21(22)18-8-6-5-7-9-18;1-3-5-9-13(4-2)12-15-14-10-7-6-8-11-14;;/h6-9,11-12,14-15,19H,3-4,10,13,16H2,1-2H3;7-8,10-11,13H,3-5,9,12H2,1-2H3;;. The zero-order valence-corrected chi connectivity index (χ0v) is 26.1. The van der Waals surface area contributed by atoms with E-state index in [4.69, 9.17) is 14.2 Å². The molecule has 41 heavy (non-hydrogen) atoms. The van der Waals surface area contributed by atoms with Gasteiger partial charge in [0.05, 0.1) is 6.10 Å². The Balaban J connectivity index is 1.50. The van der Waals surface area contributed by atoms with Crippen LogP contribution in [0.5, 0.6) is 11.5 Å². The molecular weight excluding hydrogens is 559 g/mol. The van der Waals surface area contributed by atoms with Crippen LogP contribution < -0.4 is 18.5 Å². The third kappa shape index (κ3) is 10.8. The summed E-state index contributed by atoms with van der Waals surface area (Å²) in [5.41, 5.74) is 1.60. The van der Waals surface area contributed by atoms with E-state index < -0.39 is 19.6 Å². The summed E-state index contributed by atoms with van der Waals surface area (Å²) in [6.45, 7) is 10.2. The SMILES string of the molecule is CCCCC(CC)COc1cc[c]([Co](=[O])[c]2ccc(C(=O)Oc3ccc(CCC(CC)OCCC)cc3)cc2)cc1. The summed E-state index contributed by atoms with van der Waals surface area (Å²) in [5.74, 6) is 1.42. The molecule has 0 aliphatic carbocycles. The first kappa shape index (κ1) is 32.7. The number of benzene rings is 3. The summed E-state index contributed by atoms with van der Waals surface area (Å²) in [5, 5.41) is 0. The molecule has 3 aromatic carbocycles. The first-order valence-electron chi connectivity index (χ1n) is 15.0. The molecule has 225 valence electrons. The second kappa shape index (κ2) is 17.9. The van der Waals surface area contributed by atoms with Gasteiger partial charge in [-0.3, -0.25) is 0 Å². The molecule has 0 aliphatic rings. The van der Waals surface area contributed by atoms with Crippen LogP contribution in [0.4, 0.5) is 0 Å². The van der Waals surface area contributed by atoms with Gasteiger partial charge in [0.25, 0.3) is 0 Å². The molecule has 0 fully saturated rings. The molecule has 0 saturated heterocycles. The van der Waals surface area contributed by atoms with Crippen molar-refractivity contribution in [3.8, 4) is 11.5 Å². The predicted octanol–water partition coefficient (Wildman–Crippen LogP) is 7.55. The summed E-state index contributed by atoms with van der Waals surface area (Å²) >= 11 is -1.75. The number of carbonyl (C=O) groups excluding carboxylic acids is 1. The van der Waals surface area contributed by atoms with Gasteiger partial charge in [0, 0.05) is 6.61 Å². The van der Waals surface area contributed by atoms with Crippen molar-refractivity contribution in [2.24, 2.45) is 5.92 Å². The summed E-state index contributed by atoms with van der Waals surface area (Å²) in [6.07, 6.45) is 8.91. The minimum atomic E-state index is -1.75. The monoisotopic (exact) mass is 605 g/mol. The molecule has 0 bridgehead atoms. The van der Waals surface area contributed by atoms with Crippen LogP contribution >= 0.6 is 0 Å². The fourth-order valence-corrected chi connectivity index (χ4v) is 5.76. The third-order valence-electron chi connectivity index (χ3n) is 7.14. The molecule has 0 spiro atoms. The van der Waals surface area contributed by atoms with Crippen LogP contribution in [0.15, 0.2) is 72.8 Å². The minimum absolute atomic E-state index is 0.276. The van der Waals surface area contributed by atoms with E-state index in [1.807, 2.05) is 48.5 Å². The number of ether oxygens (including phenoxy) is 3. The van der Waals surface area contributed by atoms with Gasteiger partial charge >= 0.3 is 207 Å². The van der Waals surface area contributed by atoms with Crippen molar-refractivity contribution in [3.63, 3.8) is 0 Å². The van der Waals surface area contributed by atoms with E-state index in [-0.39, 0.29) is 6.10 Å². The van der Waals surface area contributed by atoms with E-state index in [1.54, 1.807) is 24.3 Å². The van der Waals surface area contributed by atoms with Crippen molar-refractivity contribution >= 4 is 15.0 Å². The number of hydrogen-bond donors (Lipinski definition) is 0. The quantitative estimate of drug-likeness (QED) is 0.111. The number of carbonyl (C=O) groups is 1. The molecule has 0 N–H and O–H groups in total. The van der Waals surface area contributed by atoms with E-state index >= 15 is 0 Å². The molecule has 3 rings (SSSR count). The van der Waals surface area contributed by atoms with Crippen LogP contribution in [0.1, 0.15) is 88.6 Å². The second-order valence-electron chi connectivity index (χ2n) is 10.3. The summed E-state index contributed by atoms with van der Waals surface area (Å²) < 4.78 is 32.0. The summed E-state index contributed by atoms with van der Waals surface area (Å²) in [4.78, 5) is 12.7. The van der Waals surface area contributed by atoms with Gasteiger partial charge in [-0.05, 0) is 12.8 Å². The normalized spacial score (nSPS) is 12.9. The fourth-order valence-electron chi connectivity index (χ4n) is 4.43. The number of unbranched alkanes of at least 4 members (excludes halogenated alkanes) is 1. The van der Waals surface area contributed by atoms with E-state index in [0.717, 1.165) is 49.0 Å². The molecule has 6 heteroatoms. The van der Waals surface area contributed by atoms with Gasteiger partial charge < -0.3 is 4.74 Å². The Morgan fingerprint density at radius 2 is 1.39 bits per heavy atom. The van der Waals surface area contributed by atoms with E-state index in [2.05, 4.69) is 27.7 Å². The van der Waals surface area contributed by atoms with Crippen LogP contribution in [-0.2, 0) is 28.6 Å². The van der Waals surface area contributed by atoms with Crippen molar-refractivity contribution in [2.45, 2.75) is 85.2 Å². The predicted molar refractivity (Wildman–Crippen MR) is 162 cm³/mol. The van der Waals surface area contributed by atoms with Crippen LogP contribution in [-0.4, -0.2) is 25.3 Å². The molecule has 0 aromatic heterocycles. The van der Waals surface area contributed by atoms with Crippen molar-refractivity contribution in [3.05, 3.63) is 83.9 Å². The van der Waals surface area contributed by atoms with Gasteiger partial charge in [0.15, 0.2) is 0 Å². The van der Waals surface area contributed by atoms with Gasteiger partial charge in [0.1, 0.15) is 0 Å². The Hall–Kier alpha value is -2.80. The summed E-state index contributed by atoms with van der Waals surface area (Å²) in [6, 6.07) is 21.9. The molecule has 0 amide bonds. The van der Waals surface area contributed by atoms with Gasteiger partial charge in [-0.2, -0.15) is 0 Å². The molecule has 0 heterocycles. The molecule has 2 atom stereocenters. The van der Waals surface area contributed by atoms with Crippen LogP contribution in [0.25, 0.3) is 0 Å². The number of esters is 1. The maximum absolute atomic E-state index is 13.1.